The fraction of sp³-hybridized carbons (Fsp3) is 0.400. The Hall–Kier alpha value is -2.95. The van der Waals surface area contributed by atoms with E-state index >= 15 is 0 Å². The Morgan fingerprint density at radius 3 is 2.87 bits per heavy atom. The summed E-state index contributed by atoms with van der Waals surface area (Å²) in [5.41, 5.74) is -0.468. The number of carbonyl (C=O) groups excluding carboxylic acids is 1. The monoisotopic (exact) mass is 315 g/mol. The van der Waals surface area contributed by atoms with Gasteiger partial charge in [0, 0.05) is 18.0 Å². The van der Waals surface area contributed by atoms with Crippen LogP contribution in [0.15, 0.2) is 33.8 Å². The number of nitrogens with one attached hydrogen (secondary N) is 1. The lowest BCUT2D eigenvalue weighted by Gasteiger charge is -2.27. The van der Waals surface area contributed by atoms with Gasteiger partial charge in [-0.3, -0.25) is 14.3 Å². The molecular formula is C15H17N5O3. The Kier molecular flexibility index (Phi) is 4.60. The maximum atomic E-state index is 12.2. The van der Waals surface area contributed by atoms with Gasteiger partial charge in [-0.15, -0.1) is 0 Å². The summed E-state index contributed by atoms with van der Waals surface area (Å²) in [5.74, 6) is -1.10. The molecule has 1 N–H and O–H groups in total. The van der Waals surface area contributed by atoms with Gasteiger partial charge >= 0.3 is 5.76 Å². The molecule has 1 amide bonds. The van der Waals surface area contributed by atoms with Crippen LogP contribution in [0.25, 0.3) is 11.4 Å². The highest BCUT2D eigenvalue weighted by Gasteiger charge is 2.30. The van der Waals surface area contributed by atoms with Crippen molar-refractivity contribution in [2.45, 2.75) is 32.9 Å². The van der Waals surface area contributed by atoms with Gasteiger partial charge in [-0.05, 0) is 25.0 Å². The van der Waals surface area contributed by atoms with Crippen molar-refractivity contribution in [3.8, 4) is 17.5 Å². The van der Waals surface area contributed by atoms with Gasteiger partial charge in [0.25, 0.3) is 0 Å². The number of nitriles is 1. The predicted octanol–water partition coefficient (Wildman–Crippen LogP) is 0.953. The first-order valence-electron chi connectivity index (χ1n) is 7.06. The molecule has 0 aromatic carbocycles. The third-order valence-corrected chi connectivity index (χ3v) is 3.69. The Balaban J connectivity index is 2.25. The lowest BCUT2D eigenvalue weighted by atomic mass is 9.90. The minimum Gasteiger partial charge on any atom is -0.336 e. The van der Waals surface area contributed by atoms with Crippen LogP contribution in [0.5, 0.6) is 0 Å². The maximum Gasteiger partial charge on any atom is 0.442 e. The van der Waals surface area contributed by atoms with Gasteiger partial charge in [-0.2, -0.15) is 5.26 Å². The van der Waals surface area contributed by atoms with E-state index in [0.717, 1.165) is 4.57 Å². The van der Waals surface area contributed by atoms with Crippen LogP contribution in [-0.4, -0.2) is 26.2 Å². The molecule has 2 heterocycles. The van der Waals surface area contributed by atoms with Gasteiger partial charge in [0.05, 0.1) is 6.07 Å². The average Bonchev–Trinajstić information content (AvgIpc) is 2.88. The van der Waals surface area contributed by atoms with Crippen molar-refractivity contribution in [1.29, 1.82) is 5.26 Å². The SMILES string of the molecule is CC(C)C(C)(C#N)NC(=O)Cn1c(-c2cccnc2)noc1=O. The molecule has 0 spiro atoms. The minimum atomic E-state index is -1.02. The normalized spacial score (nSPS) is 13.3. The van der Waals surface area contributed by atoms with E-state index in [1.54, 1.807) is 25.3 Å². The highest BCUT2D eigenvalue weighted by molar-refractivity contribution is 5.77. The number of rotatable bonds is 5. The number of amides is 1. The number of carbonyl (C=O) groups is 1. The standard InChI is InChI=1S/C15H17N5O3/c1-10(2)15(3,9-16)18-12(21)8-20-13(19-23-14(20)22)11-5-4-6-17-7-11/h4-7,10H,8H2,1-3H3,(H,18,21). The number of aromatic nitrogens is 3. The summed E-state index contributed by atoms with van der Waals surface area (Å²) in [6, 6.07) is 5.47. The molecule has 1 unspecified atom stereocenters. The van der Waals surface area contributed by atoms with E-state index in [-0.39, 0.29) is 18.3 Å². The first kappa shape index (κ1) is 16.4. The fourth-order valence-corrected chi connectivity index (χ4v) is 1.88. The Morgan fingerprint density at radius 1 is 1.57 bits per heavy atom. The van der Waals surface area contributed by atoms with E-state index in [1.165, 1.54) is 6.20 Å². The molecule has 0 saturated carbocycles. The van der Waals surface area contributed by atoms with E-state index in [2.05, 4.69) is 26.0 Å². The van der Waals surface area contributed by atoms with Gasteiger partial charge in [0.15, 0.2) is 5.82 Å². The summed E-state index contributed by atoms with van der Waals surface area (Å²) in [6.07, 6.45) is 3.10. The number of hydrogen-bond donors (Lipinski definition) is 1. The van der Waals surface area contributed by atoms with Crippen LogP contribution in [-0.2, 0) is 11.3 Å². The largest absolute Gasteiger partial charge is 0.442 e. The molecule has 120 valence electrons. The molecule has 0 aliphatic rings. The van der Waals surface area contributed by atoms with Crippen molar-refractivity contribution in [1.82, 2.24) is 20.0 Å². The predicted molar refractivity (Wildman–Crippen MR) is 81.0 cm³/mol. The Bertz CT molecular complexity index is 787. The van der Waals surface area contributed by atoms with Gasteiger partial charge in [0.1, 0.15) is 12.1 Å². The van der Waals surface area contributed by atoms with Gasteiger partial charge in [-0.1, -0.05) is 19.0 Å². The topological polar surface area (TPSA) is 114 Å². The van der Waals surface area contributed by atoms with Crippen LogP contribution in [0, 0.1) is 17.2 Å². The van der Waals surface area contributed by atoms with Gasteiger partial charge in [-0.25, -0.2) is 9.36 Å². The molecule has 2 rings (SSSR count). The Labute approximate surface area is 132 Å². The van der Waals surface area contributed by atoms with Gasteiger partial charge < -0.3 is 5.32 Å². The highest BCUT2D eigenvalue weighted by atomic mass is 16.5. The average molecular weight is 315 g/mol. The Morgan fingerprint density at radius 2 is 2.30 bits per heavy atom. The second-order valence-electron chi connectivity index (χ2n) is 5.62. The summed E-state index contributed by atoms with van der Waals surface area (Å²) in [5, 5.41) is 15.6. The molecule has 0 radical (unpaired) electrons. The summed E-state index contributed by atoms with van der Waals surface area (Å²) in [7, 11) is 0. The molecule has 23 heavy (non-hydrogen) atoms. The van der Waals surface area contributed by atoms with E-state index in [9.17, 15) is 14.9 Å². The molecule has 2 aromatic rings. The molecular weight excluding hydrogens is 298 g/mol. The summed E-state index contributed by atoms with van der Waals surface area (Å²) in [4.78, 5) is 28.0. The van der Waals surface area contributed by atoms with E-state index in [0.29, 0.717) is 5.56 Å². The molecule has 8 nitrogen and oxygen atoms in total. The van der Waals surface area contributed by atoms with Crippen LogP contribution in [0.3, 0.4) is 0 Å². The molecule has 0 bridgehead atoms. The minimum absolute atomic E-state index is 0.0894. The van der Waals surface area contributed by atoms with Crippen molar-refractivity contribution in [3.05, 3.63) is 35.1 Å². The maximum absolute atomic E-state index is 12.2. The van der Waals surface area contributed by atoms with E-state index in [1.807, 2.05) is 13.8 Å². The zero-order valence-corrected chi connectivity index (χ0v) is 13.1. The third-order valence-electron chi connectivity index (χ3n) is 3.69. The zero-order valence-electron chi connectivity index (χ0n) is 13.1. The lowest BCUT2D eigenvalue weighted by Crippen LogP contribution is -2.50. The van der Waals surface area contributed by atoms with Crippen molar-refractivity contribution in [2.24, 2.45) is 5.92 Å². The van der Waals surface area contributed by atoms with Crippen LogP contribution < -0.4 is 11.1 Å². The van der Waals surface area contributed by atoms with Crippen molar-refractivity contribution >= 4 is 5.91 Å². The lowest BCUT2D eigenvalue weighted by molar-refractivity contribution is -0.123. The second-order valence-corrected chi connectivity index (χ2v) is 5.62. The van der Waals surface area contributed by atoms with E-state index < -0.39 is 17.2 Å². The summed E-state index contributed by atoms with van der Waals surface area (Å²) in [6.45, 7) is 5.00. The molecule has 0 aliphatic heterocycles. The first-order chi connectivity index (χ1) is 10.9. The van der Waals surface area contributed by atoms with Crippen molar-refractivity contribution in [2.75, 3.05) is 0 Å². The number of hydrogen-bond acceptors (Lipinski definition) is 6. The van der Waals surface area contributed by atoms with Crippen LogP contribution >= 0.6 is 0 Å². The summed E-state index contributed by atoms with van der Waals surface area (Å²) < 4.78 is 5.74. The zero-order chi connectivity index (χ0) is 17.0. The molecule has 0 fully saturated rings. The number of nitrogens with zero attached hydrogens (tertiary/aromatic N) is 4. The smallest absolute Gasteiger partial charge is 0.336 e. The van der Waals surface area contributed by atoms with Crippen LogP contribution in [0.1, 0.15) is 20.8 Å². The fourth-order valence-electron chi connectivity index (χ4n) is 1.88. The van der Waals surface area contributed by atoms with Crippen molar-refractivity contribution < 1.29 is 9.32 Å². The second kappa shape index (κ2) is 6.44. The van der Waals surface area contributed by atoms with Gasteiger partial charge in [0.2, 0.25) is 5.91 Å². The molecule has 0 aliphatic carbocycles. The molecule has 1 atom stereocenters. The molecule has 0 saturated heterocycles. The highest BCUT2D eigenvalue weighted by Crippen LogP contribution is 2.16. The quantitative estimate of drug-likeness (QED) is 0.878. The first-order valence-corrected chi connectivity index (χ1v) is 7.06. The van der Waals surface area contributed by atoms with Crippen LogP contribution in [0.4, 0.5) is 0 Å². The number of pyridine rings is 1. The van der Waals surface area contributed by atoms with Crippen LogP contribution in [0.2, 0.25) is 0 Å². The van der Waals surface area contributed by atoms with Crippen molar-refractivity contribution in [3.63, 3.8) is 0 Å². The summed E-state index contributed by atoms with van der Waals surface area (Å²) >= 11 is 0. The third kappa shape index (κ3) is 3.45. The van der Waals surface area contributed by atoms with E-state index in [4.69, 9.17) is 0 Å². The molecule has 8 heteroatoms. The molecule has 2 aromatic heterocycles.